The van der Waals surface area contributed by atoms with Crippen molar-refractivity contribution in [1.29, 1.82) is 0 Å². The standard InChI is InChI=1S/C13H30N2S/c1-6-8-14-13(12(3)7-2)11-16-10-9-15(4)5/h12-14H,6-11H2,1-5H3. The van der Waals surface area contributed by atoms with Gasteiger partial charge in [0.1, 0.15) is 0 Å². The summed E-state index contributed by atoms with van der Waals surface area (Å²) in [5, 5.41) is 3.67. The van der Waals surface area contributed by atoms with Crippen molar-refractivity contribution in [1.82, 2.24) is 10.2 Å². The second-order valence-electron chi connectivity index (χ2n) is 4.82. The molecule has 98 valence electrons. The fourth-order valence-corrected chi connectivity index (χ4v) is 2.86. The van der Waals surface area contributed by atoms with Gasteiger partial charge in [-0.1, -0.05) is 27.2 Å². The first kappa shape index (κ1) is 16.3. The topological polar surface area (TPSA) is 15.3 Å². The molecule has 0 aliphatic heterocycles. The highest BCUT2D eigenvalue weighted by Gasteiger charge is 2.14. The molecule has 0 fully saturated rings. The average Bonchev–Trinajstić information content (AvgIpc) is 2.26. The average molecular weight is 246 g/mol. The normalized spacial score (nSPS) is 15.4. The molecule has 0 saturated heterocycles. The van der Waals surface area contributed by atoms with Gasteiger partial charge in [-0.3, -0.25) is 0 Å². The molecule has 0 bridgehead atoms. The van der Waals surface area contributed by atoms with Gasteiger partial charge in [-0.15, -0.1) is 0 Å². The smallest absolute Gasteiger partial charge is 0.0183 e. The monoisotopic (exact) mass is 246 g/mol. The maximum Gasteiger partial charge on any atom is 0.0183 e. The lowest BCUT2D eigenvalue weighted by atomic mass is 10.0. The summed E-state index contributed by atoms with van der Waals surface area (Å²) in [6.07, 6.45) is 2.50. The van der Waals surface area contributed by atoms with Gasteiger partial charge in [0.15, 0.2) is 0 Å². The third kappa shape index (κ3) is 8.43. The van der Waals surface area contributed by atoms with Gasteiger partial charge in [-0.25, -0.2) is 0 Å². The maximum atomic E-state index is 3.67. The second-order valence-corrected chi connectivity index (χ2v) is 5.97. The van der Waals surface area contributed by atoms with Crippen LogP contribution in [-0.2, 0) is 0 Å². The van der Waals surface area contributed by atoms with E-state index in [-0.39, 0.29) is 0 Å². The van der Waals surface area contributed by atoms with Gasteiger partial charge in [0.05, 0.1) is 0 Å². The molecule has 0 rings (SSSR count). The number of nitrogens with one attached hydrogen (secondary N) is 1. The van der Waals surface area contributed by atoms with Crippen LogP contribution in [-0.4, -0.2) is 49.6 Å². The lowest BCUT2D eigenvalue weighted by molar-refractivity contribution is 0.396. The van der Waals surface area contributed by atoms with Crippen LogP contribution in [0.2, 0.25) is 0 Å². The molecule has 0 radical (unpaired) electrons. The molecule has 0 heterocycles. The zero-order valence-electron chi connectivity index (χ0n) is 11.8. The zero-order chi connectivity index (χ0) is 12.4. The van der Waals surface area contributed by atoms with Crippen molar-refractivity contribution in [2.45, 2.75) is 39.7 Å². The summed E-state index contributed by atoms with van der Waals surface area (Å²) in [5.41, 5.74) is 0. The third-order valence-corrected chi connectivity index (χ3v) is 4.03. The summed E-state index contributed by atoms with van der Waals surface area (Å²) >= 11 is 2.08. The summed E-state index contributed by atoms with van der Waals surface area (Å²) < 4.78 is 0. The minimum atomic E-state index is 0.692. The van der Waals surface area contributed by atoms with Gasteiger partial charge in [0, 0.05) is 24.1 Å². The summed E-state index contributed by atoms with van der Waals surface area (Å²) in [4.78, 5) is 2.25. The lowest BCUT2D eigenvalue weighted by Gasteiger charge is -2.24. The van der Waals surface area contributed by atoms with E-state index in [1.54, 1.807) is 0 Å². The van der Waals surface area contributed by atoms with Gasteiger partial charge >= 0.3 is 0 Å². The van der Waals surface area contributed by atoms with Gasteiger partial charge in [-0.2, -0.15) is 11.8 Å². The highest BCUT2D eigenvalue weighted by Crippen LogP contribution is 2.13. The molecule has 0 aliphatic carbocycles. The Morgan fingerprint density at radius 2 is 1.94 bits per heavy atom. The van der Waals surface area contributed by atoms with E-state index in [0.717, 1.165) is 12.5 Å². The van der Waals surface area contributed by atoms with E-state index in [2.05, 4.69) is 56.8 Å². The van der Waals surface area contributed by atoms with Crippen LogP contribution >= 0.6 is 11.8 Å². The molecule has 0 aliphatic rings. The highest BCUT2D eigenvalue weighted by atomic mass is 32.2. The van der Waals surface area contributed by atoms with E-state index in [0.29, 0.717) is 6.04 Å². The predicted molar refractivity (Wildman–Crippen MR) is 77.4 cm³/mol. The largest absolute Gasteiger partial charge is 0.313 e. The molecule has 2 unspecified atom stereocenters. The minimum absolute atomic E-state index is 0.692. The van der Waals surface area contributed by atoms with Crippen molar-refractivity contribution in [2.24, 2.45) is 5.92 Å². The molecule has 0 aromatic carbocycles. The Bertz CT molecular complexity index is 151. The van der Waals surface area contributed by atoms with Crippen LogP contribution in [0.25, 0.3) is 0 Å². The van der Waals surface area contributed by atoms with Crippen LogP contribution in [0.4, 0.5) is 0 Å². The first-order valence-corrected chi connectivity index (χ1v) is 7.73. The van der Waals surface area contributed by atoms with E-state index in [1.165, 1.54) is 30.9 Å². The Labute approximate surface area is 107 Å². The molecule has 0 spiro atoms. The van der Waals surface area contributed by atoms with Crippen molar-refractivity contribution >= 4 is 11.8 Å². The summed E-state index contributed by atoms with van der Waals surface area (Å²) in [6, 6.07) is 0.692. The van der Waals surface area contributed by atoms with E-state index < -0.39 is 0 Å². The van der Waals surface area contributed by atoms with E-state index in [1.807, 2.05) is 0 Å². The molecule has 2 atom stereocenters. The molecule has 16 heavy (non-hydrogen) atoms. The Balaban J connectivity index is 3.73. The van der Waals surface area contributed by atoms with Crippen molar-refractivity contribution in [3.8, 4) is 0 Å². The molecule has 0 saturated carbocycles. The zero-order valence-corrected chi connectivity index (χ0v) is 12.6. The Kier molecular flexibility index (Phi) is 10.6. The van der Waals surface area contributed by atoms with Crippen LogP contribution in [0.1, 0.15) is 33.6 Å². The Hall–Kier alpha value is 0.270. The summed E-state index contributed by atoms with van der Waals surface area (Å²) in [6.45, 7) is 9.23. The SMILES string of the molecule is CCCNC(CSCCN(C)C)C(C)CC. The number of thioether (sulfide) groups is 1. The van der Waals surface area contributed by atoms with Gasteiger partial charge in [0.25, 0.3) is 0 Å². The van der Waals surface area contributed by atoms with Gasteiger partial charge in [0.2, 0.25) is 0 Å². The molecule has 2 nitrogen and oxygen atoms in total. The highest BCUT2D eigenvalue weighted by molar-refractivity contribution is 7.99. The van der Waals surface area contributed by atoms with Crippen molar-refractivity contribution in [2.75, 3.05) is 38.7 Å². The number of nitrogens with zero attached hydrogens (tertiary/aromatic N) is 1. The number of rotatable bonds is 10. The van der Waals surface area contributed by atoms with E-state index >= 15 is 0 Å². The van der Waals surface area contributed by atoms with E-state index in [9.17, 15) is 0 Å². The minimum Gasteiger partial charge on any atom is -0.313 e. The molecule has 0 amide bonds. The van der Waals surface area contributed by atoms with Crippen molar-refractivity contribution < 1.29 is 0 Å². The predicted octanol–water partition coefficient (Wildman–Crippen LogP) is 2.70. The third-order valence-electron chi connectivity index (χ3n) is 2.97. The Morgan fingerprint density at radius 3 is 2.44 bits per heavy atom. The lowest BCUT2D eigenvalue weighted by Crippen LogP contribution is -2.37. The van der Waals surface area contributed by atoms with Crippen LogP contribution in [0.5, 0.6) is 0 Å². The molecular formula is C13H30N2S. The maximum absolute atomic E-state index is 3.67. The summed E-state index contributed by atoms with van der Waals surface area (Å²) in [5.74, 6) is 3.29. The first-order chi connectivity index (χ1) is 7.61. The molecular weight excluding hydrogens is 216 g/mol. The molecule has 0 aromatic heterocycles. The van der Waals surface area contributed by atoms with Crippen LogP contribution in [0.3, 0.4) is 0 Å². The van der Waals surface area contributed by atoms with Crippen LogP contribution in [0, 0.1) is 5.92 Å². The van der Waals surface area contributed by atoms with Gasteiger partial charge < -0.3 is 10.2 Å². The van der Waals surface area contributed by atoms with Gasteiger partial charge in [-0.05, 0) is 33.0 Å². The molecule has 0 aromatic rings. The number of hydrogen-bond acceptors (Lipinski definition) is 3. The molecule has 1 N–H and O–H groups in total. The fraction of sp³-hybridized carbons (Fsp3) is 1.00. The van der Waals surface area contributed by atoms with Crippen molar-refractivity contribution in [3.63, 3.8) is 0 Å². The van der Waals surface area contributed by atoms with Crippen LogP contribution < -0.4 is 5.32 Å². The van der Waals surface area contributed by atoms with Crippen molar-refractivity contribution in [3.05, 3.63) is 0 Å². The molecule has 3 heteroatoms. The first-order valence-electron chi connectivity index (χ1n) is 6.57. The Morgan fingerprint density at radius 1 is 1.25 bits per heavy atom. The van der Waals surface area contributed by atoms with E-state index in [4.69, 9.17) is 0 Å². The quantitative estimate of drug-likeness (QED) is 0.597. The number of hydrogen-bond donors (Lipinski definition) is 1. The summed E-state index contributed by atoms with van der Waals surface area (Å²) in [7, 11) is 4.28. The fourth-order valence-electron chi connectivity index (χ4n) is 1.50. The second kappa shape index (κ2) is 10.4. The van der Waals surface area contributed by atoms with Crippen LogP contribution in [0.15, 0.2) is 0 Å².